The first kappa shape index (κ1) is 16.0. The first-order chi connectivity index (χ1) is 9.89. The quantitative estimate of drug-likeness (QED) is 0.425. The largest absolute Gasteiger partial charge is 0.394 e. The molecule has 1 aliphatic rings. The van der Waals surface area contributed by atoms with E-state index in [1.165, 1.54) is 12.1 Å². The van der Waals surface area contributed by atoms with E-state index in [2.05, 4.69) is 0 Å². The van der Waals surface area contributed by atoms with Crippen molar-refractivity contribution in [3.05, 3.63) is 35.9 Å². The van der Waals surface area contributed by atoms with E-state index in [1.807, 2.05) is 0 Å². The van der Waals surface area contributed by atoms with Crippen LogP contribution >= 0.6 is 0 Å². The maximum absolute atomic E-state index is 12.1. The summed E-state index contributed by atoms with van der Waals surface area (Å²) in [5.41, 5.74) is 0.308. The van der Waals surface area contributed by atoms with E-state index in [0.29, 0.717) is 5.56 Å². The number of rotatable bonds is 4. The van der Waals surface area contributed by atoms with Crippen LogP contribution in [0.5, 0.6) is 0 Å². The minimum Gasteiger partial charge on any atom is -0.394 e. The molecule has 0 unspecified atom stereocenters. The zero-order valence-corrected chi connectivity index (χ0v) is 11.2. The standard InChI is InChI=1S/C14H18O7/c15-7-10-11(17)12(18)13(19)14(20,21-10)6-9(16)8-4-2-1-3-5-8/h1-5,10-13,15,17-20H,6-7H2/t10-,11-,12+,13+,14-/m1/s1. The van der Waals surface area contributed by atoms with E-state index in [-0.39, 0.29) is 0 Å². The van der Waals surface area contributed by atoms with Gasteiger partial charge in [0.15, 0.2) is 5.78 Å². The van der Waals surface area contributed by atoms with Crippen LogP contribution in [-0.2, 0) is 4.74 Å². The molecule has 5 atom stereocenters. The Bertz CT molecular complexity index is 489. The SMILES string of the molecule is O=C(C[C@@]1(O)O[C@H](CO)[C@@H](O)[C@H](O)[C@@H]1O)c1ccccc1. The summed E-state index contributed by atoms with van der Waals surface area (Å²) in [5.74, 6) is -2.88. The molecule has 0 amide bonds. The molecule has 1 aromatic carbocycles. The van der Waals surface area contributed by atoms with Gasteiger partial charge in [0, 0.05) is 5.56 Å². The van der Waals surface area contributed by atoms with Gasteiger partial charge in [0.25, 0.3) is 0 Å². The monoisotopic (exact) mass is 298 g/mol. The summed E-state index contributed by atoms with van der Waals surface area (Å²) >= 11 is 0. The summed E-state index contributed by atoms with van der Waals surface area (Å²) in [4.78, 5) is 12.1. The molecule has 1 heterocycles. The lowest BCUT2D eigenvalue weighted by Gasteiger charge is -2.45. The van der Waals surface area contributed by atoms with Crippen LogP contribution in [0.4, 0.5) is 0 Å². The van der Waals surface area contributed by atoms with Gasteiger partial charge in [0.2, 0.25) is 5.79 Å². The molecule has 0 aromatic heterocycles. The third-order valence-corrected chi connectivity index (χ3v) is 3.56. The van der Waals surface area contributed by atoms with Crippen LogP contribution in [0.15, 0.2) is 30.3 Å². The molecule has 1 aromatic rings. The first-order valence-electron chi connectivity index (χ1n) is 6.52. The van der Waals surface area contributed by atoms with Gasteiger partial charge in [-0.1, -0.05) is 30.3 Å². The van der Waals surface area contributed by atoms with E-state index in [4.69, 9.17) is 9.84 Å². The van der Waals surface area contributed by atoms with Crippen molar-refractivity contribution in [2.24, 2.45) is 0 Å². The van der Waals surface area contributed by atoms with Crippen molar-refractivity contribution < 1.29 is 35.1 Å². The number of Topliss-reactive ketones (excluding diaryl/α,β-unsaturated/α-hetero) is 1. The van der Waals surface area contributed by atoms with E-state index < -0.39 is 49.0 Å². The van der Waals surface area contributed by atoms with Gasteiger partial charge in [-0.25, -0.2) is 0 Å². The summed E-state index contributed by atoms with van der Waals surface area (Å²) in [5, 5.41) is 48.5. The predicted molar refractivity (Wildman–Crippen MR) is 70.3 cm³/mol. The lowest BCUT2D eigenvalue weighted by molar-refractivity contribution is -0.346. The van der Waals surface area contributed by atoms with Crippen molar-refractivity contribution in [1.82, 2.24) is 0 Å². The zero-order valence-electron chi connectivity index (χ0n) is 11.2. The van der Waals surface area contributed by atoms with Gasteiger partial charge in [0.05, 0.1) is 13.0 Å². The number of ether oxygens (including phenoxy) is 1. The van der Waals surface area contributed by atoms with Crippen LogP contribution in [0.3, 0.4) is 0 Å². The van der Waals surface area contributed by atoms with Crippen molar-refractivity contribution in [1.29, 1.82) is 0 Å². The Balaban J connectivity index is 2.18. The van der Waals surface area contributed by atoms with Crippen molar-refractivity contribution in [2.45, 2.75) is 36.6 Å². The number of carbonyl (C=O) groups is 1. The van der Waals surface area contributed by atoms with Crippen LogP contribution in [0.1, 0.15) is 16.8 Å². The summed E-state index contributed by atoms with van der Waals surface area (Å²) < 4.78 is 5.03. The van der Waals surface area contributed by atoms with Gasteiger partial charge in [-0.2, -0.15) is 0 Å². The summed E-state index contributed by atoms with van der Waals surface area (Å²) in [7, 11) is 0. The van der Waals surface area contributed by atoms with Crippen molar-refractivity contribution >= 4 is 5.78 Å². The average Bonchev–Trinajstić information content (AvgIpc) is 2.50. The summed E-state index contributed by atoms with van der Waals surface area (Å²) in [6, 6.07) is 8.08. The third kappa shape index (κ3) is 3.13. The zero-order chi connectivity index (χ0) is 15.6. The smallest absolute Gasteiger partial charge is 0.202 e. The number of ketones is 1. The Morgan fingerprint density at radius 2 is 1.76 bits per heavy atom. The molecule has 7 nitrogen and oxygen atoms in total. The molecule has 2 rings (SSSR count). The minimum atomic E-state index is -2.38. The number of hydrogen-bond donors (Lipinski definition) is 5. The number of hydrogen-bond acceptors (Lipinski definition) is 7. The van der Waals surface area contributed by atoms with E-state index >= 15 is 0 Å². The highest BCUT2D eigenvalue weighted by Crippen LogP contribution is 2.31. The summed E-state index contributed by atoms with van der Waals surface area (Å²) in [6.45, 7) is -0.674. The first-order valence-corrected chi connectivity index (χ1v) is 6.52. The fourth-order valence-electron chi connectivity index (χ4n) is 2.32. The Morgan fingerprint density at radius 3 is 2.33 bits per heavy atom. The fourth-order valence-corrected chi connectivity index (χ4v) is 2.32. The molecule has 0 saturated carbocycles. The normalized spacial score (nSPS) is 36.4. The molecule has 1 saturated heterocycles. The average molecular weight is 298 g/mol. The van der Waals surface area contributed by atoms with Crippen LogP contribution in [0.2, 0.25) is 0 Å². The third-order valence-electron chi connectivity index (χ3n) is 3.56. The van der Waals surface area contributed by atoms with Crippen LogP contribution in [0, 0.1) is 0 Å². The second-order valence-corrected chi connectivity index (χ2v) is 5.08. The van der Waals surface area contributed by atoms with Gasteiger partial charge in [-0.15, -0.1) is 0 Å². The fraction of sp³-hybridized carbons (Fsp3) is 0.500. The number of aliphatic hydroxyl groups is 5. The molecule has 116 valence electrons. The van der Waals surface area contributed by atoms with Gasteiger partial charge in [0.1, 0.15) is 24.4 Å². The van der Waals surface area contributed by atoms with Crippen molar-refractivity contribution in [3.63, 3.8) is 0 Å². The highest BCUT2D eigenvalue weighted by molar-refractivity contribution is 5.96. The Morgan fingerprint density at radius 1 is 1.14 bits per heavy atom. The van der Waals surface area contributed by atoms with Gasteiger partial charge >= 0.3 is 0 Å². The van der Waals surface area contributed by atoms with Gasteiger partial charge in [-0.05, 0) is 0 Å². The molecule has 0 spiro atoms. The number of carbonyl (C=O) groups excluding carboxylic acids is 1. The van der Waals surface area contributed by atoms with Crippen LogP contribution in [0.25, 0.3) is 0 Å². The molecule has 7 heteroatoms. The number of aliphatic hydroxyl groups excluding tert-OH is 4. The Hall–Kier alpha value is -1.35. The molecule has 5 N–H and O–H groups in total. The highest BCUT2D eigenvalue weighted by atomic mass is 16.7. The molecule has 0 bridgehead atoms. The predicted octanol–water partition coefficient (Wildman–Crippen LogP) is -1.58. The van der Waals surface area contributed by atoms with Gasteiger partial charge in [-0.3, -0.25) is 4.79 Å². The minimum absolute atomic E-state index is 0.308. The molecular formula is C14H18O7. The van der Waals surface area contributed by atoms with Gasteiger partial charge < -0.3 is 30.3 Å². The lowest BCUT2D eigenvalue weighted by atomic mass is 9.88. The second-order valence-electron chi connectivity index (χ2n) is 5.08. The van der Waals surface area contributed by atoms with E-state index in [9.17, 15) is 25.2 Å². The van der Waals surface area contributed by atoms with E-state index in [1.54, 1.807) is 18.2 Å². The van der Waals surface area contributed by atoms with Crippen molar-refractivity contribution in [3.8, 4) is 0 Å². The maximum Gasteiger partial charge on any atom is 0.202 e. The van der Waals surface area contributed by atoms with E-state index in [0.717, 1.165) is 0 Å². The maximum atomic E-state index is 12.1. The molecule has 0 aliphatic carbocycles. The highest BCUT2D eigenvalue weighted by Gasteiger charge is 2.53. The lowest BCUT2D eigenvalue weighted by Crippen LogP contribution is -2.65. The molecular weight excluding hydrogens is 280 g/mol. The van der Waals surface area contributed by atoms with Crippen LogP contribution < -0.4 is 0 Å². The molecule has 1 aliphatic heterocycles. The topological polar surface area (TPSA) is 127 Å². The van der Waals surface area contributed by atoms with Crippen LogP contribution in [-0.4, -0.2) is 68.1 Å². The molecule has 0 radical (unpaired) electrons. The number of benzene rings is 1. The second kappa shape index (κ2) is 6.18. The molecule has 1 fully saturated rings. The van der Waals surface area contributed by atoms with Crippen molar-refractivity contribution in [2.75, 3.05) is 6.61 Å². The summed E-state index contributed by atoms with van der Waals surface area (Å²) in [6.07, 6.45) is -7.07. The molecule has 21 heavy (non-hydrogen) atoms. The Kier molecular flexibility index (Phi) is 4.72. The Labute approximate surface area is 121 Å².